The Morgan fingerprint density at radius 2 is 1.71 bits per heavy atom. The smallest absolute Gasteiger partial charge is 0.246 e. The summed E-state index contributed by atoms with van der Waals surface area (Å²) in [5.41, 5.74) is 0.931. The van der Waals surface area contributed by atoms with Crippen molar-refractivity contribution >= 4 is 33.2 Å². The summed E-state index contributed by atoms with van der Waals surface area (Å²) in [6, 6.07) is 11.9. The van der Waals surface area contributed by atoms with Gasteiger partial charge in [0.2, 0.25) is 10.0 Å². The molecule has 1 aliphatic rings. The van der Waals surface area contributed by atoms with Crippen molar-refractivity contribution in [1.29, 1.82) is 0 Å². The van der Waals surface area contributed by atoms with Crippen LogP contribution in [0.15, 0.2) is 47.4 Å². The predicted octanol–water partition coefficient (Wildman–Crippen LogP) is 4.53. The van der Waals surface area contributed by atoms with Crippen molar-refractivity contribution in [3.05, 3.63) is 58.1 Å². The Morgan fingerprint density at radius 3 is 2.29 bits per heavy atom. The van der Waals surface area contributed by atoms with Crippen LogP contribution in [0.5, 0.6) is 5.75 Å². The summed E-state index contributed by atoms with van der Waals surface area (Å²) in [5, 5.41) is 0.283. The van der Waals surface area contributed by atoms with E-state index in [1.54, 1.807) is 25.3 Å². The van der Waals surface area contributed by atoms with Gasteiger partial charge in [-0.15, -0.1) is 0 Å². The van der Waals surface area contributed by atoms with Crippen LogP contribution in [-0.4, -0.2) is 26.4 Å². The van der Waals surface area contributed by atoms with E-state index in [1.807, 2.05) is 24.3 Å². The number of halogens is 2. The molecule has 1 heterocycles. The molecule has 7 heteroatoms. The number of methoxy groups -OCH3 is 1. The lowest BCUT2D eigenvalue weighted by Crippen LogP contribution is -2.31. The van der Waals surface area contributed by atoms with E-state index in [1.165, 1.54) is 4.31 Å². The van der Waals surface area contributed by atoms with Gasteiger partial charge in [0.25, 0.3) is 0 Å². The number of sulfonamides is 1. The average molecular weight is 386 g/mol. The minimum absolute atomic E-state index is 0.0197. The molecule has 0 N–H and O–H groups in total. The van der Waals surface area contributed by atoms with Gasteiger partial charge < -0.3 is 4.74 Å². The van der Waals surface area contributed by atoms with Crippen LogP contribution in [0.1, 0.15) is 24.4 Å². The maximum absolute atomic E-state index is 13.1. The van der Waals surface area contributed by atoms with E-state index < -0.39 is 10.0 Å². The summed E-state index contributed by atoms with van der Waals surface area (Å²) in [7, 11) is -2.18. The maximum Gasteiger partial charge on any atom is 0.246 e. The first-order valence-corrected chi connectivity index (χ1v) is 9.74. The average Bonchev–Trinajstić information content (AvgIpc) is 3.05. The zero-order valence-corrected chi connectivity index (χ0v) is 15.4. The van der Waals surface area contributed by atoms with Crippen LogP contribution < -0.4 is 4.74 Å². The fourth-order valence-electron chi connectivity index (χ4n) is 3.03. The first-order chi connectivity index (χ1) is 11.4. The van der Waals surface area contributed by atoms with Crippen LogP contribution >= 0.6 is 23.2 Å². The van der Waals surface area contributed by atoms with E-state index in [-0.39, 0.29) is 21.0 Å². The molecule has 0 spiro atoms. The highest BCUT2D eigenvalue weighted by atomic mass is 35.5. The number of rotatable bonds is 4. The molecule has 2 aromatic carbocycles. The normalized spacial score (nSPS) is 18.7. The molecular weight excluding hydrogens is 369 g/mol. The molecule has 4 nitrogen and oxygen atoms in total. The molecule has 2 aromatic rings. The summed E-state index contributed by atoms with van der Waals surface area (Å²) < 4.78 is 32.9. The molecule has 0 unspecified atom stereocenters. The number of benzene rings is 2. The third-order valence-electron chi connectivity index (χ3n) is 4.19. The van der Waals surface area contributed by atoms with Gasteiger partial charge in [-0.2, -0.15) is 4.31 Å². The van der Waals surface area contributed by atoms with Crippen molar-refractivity contribution in [3.8, 4) is 5.75 Å². The molecule has 24 heavy (non-hydrogen) atoms. The van der Waals surface area contributed by atoms with Gasteiger partial charge in [-0.3, -0.25) is 0 Å². The van der Waals surface area contributed by atoms with Crippen LogP contribution in [0.3, 0.4) is 0 Å². The highest BCUT2D eigenvalue weighted by molar-refractivity contribution is 7.89. The highest BCUT2D eigenvalue weighted by Crippen LogP contribution is 2.40. The second kappa shape index (κ2) is 6.92. The van der Waals surface area contributed by atoms with Gasteiger partial charge in [0, 0.05) is 6.54 Å². The molecule has 1 saturated heterocycles. The number of hydrogen-bond acceptors (Lipinski definition) is 3. The zero-order chi connectivity index (χ0) is 17.3. The molecule has 0 aliphatic carbocycles. The van der Waals surface area contributed by atoms with Gasteiger partial charge >= 0.3 is 0 Å². The van der Waals surface area contributed by atoms with Crippen LogP contribution in [-0.2, 0) is 10.0 Å². The fraction of sp³-hybridized carbons (Fsp3) is 0.294. The molecule has 0 aromatic heterocycles. The zero-order valence-electron chi connectivity index (χ0n) is 13.1. The Labute approximate surface area is 152 Å². The quantitative estimate of drug-likeness (QED) is 0.776. The molecule has 0 saturated carbocycles. The third kappa shape index (κ3) is 3.14. The number of ether oxygens (including phenoxy) is 1. The summed E-state index contributed by atoms with van der Waals surface area (Å²) in [6.45, 7) is 0.445. The van der Waals surface area contributed by atoms with Crippen molar-refractivity contribution in [3.63, 3.8) is 0 Å². The molecule has 0 bridgehead atoms. The Kier molecular flexibility index (Phi) is 5.06. The van der Waals surface area contributed by atoms with Gasteiger partial charge in [-0.05, 0) is 42.7 Å². The van der Waals surface area contributed by atoms with Crippen molar-refractivity contribution in [1.82, 2.24) is 4.31 Å². The second-order valence-corrected chi connectivity index (χ2v) is 8.24. The van der Waals surface area contributed by atoms with Crippen molar-refractivity contribution in [2.75, 3.05) is 13.7 Å². The molecule has 128 valence electrons. The largest absolute Gasteiger partial charge is 0.497 e. The van der Waals surface area contributed by atoms with Crippen LogP contribution in [0.25, 0.3) is 0 Å². The van der Waals surface area contributed by atoms with Crippen molar-refractivity contribution < 1.29 is 13.2 Å². The van der Waals surface area contributed by atoms with Crippen LogP contribution in [0.2, 0.25) is 10.0 Å². The topological polar surface area (TPSA) is 46.6 Å². The lowest BCUT2D eigenvalue weighted by Gasteiger charge is -2.25. The Bertz CT molecular complexity index is 817. The minimum atomic E-state index is -3.77. The monoisotopic (exact) mass is 385 g/mol. The van der Waals surface area contributed by atoms with Crippen LogP contribution in [0, 0.1) is 0 Å². The lowest BCUT2D eigenvalue weighted by molar-refractivity contribution is 0.394. The highest BCUT2D eigenvalue weighted by Gasteiger charge is 2.38. The first-order valence-electron chi connectivity index (χ1n) is 7.55. The van der Waals surface area contributed by atoms with E-state index in [0.29, 0.717) is 6.54 Å². The van der Waals surface area contributed by atoms with E-state index in [4.69, 9.17) is 27.9 Å². The summed E-state index contributed by atoms with van der Waals surface area (Å²) in [5.74, 6) is 0.736. The standard InChI is InChI=1S/C17H17Cl2NO3S/c1-23-13-9-7-12(8-10-13)16-6-3-11-20(16)24(21,22)17-14(18)4-2-5-15(17)19/h2,4-5,7-10,16H,3,6,11H2,1H3/t16-/m0/s1. The Morgan fingerprint density at radius 1 is 1.08 bits per heavy atom. The van der Waals surface area contributed by atoms with Gasteiger partial charge in [0.1, 0.15) is 10.6 Å². The molecule has 1 fully saturated rings. The minimum Gasteiger partial charge on any atom is -0.497 e. The molecule has 3 rings (SSSR count). The SMILES string of the molecule is COc1ccc([C@@H]2CCCN2S(=O)(=O)c2c(Cl)cccc2Cl)cc1. The number of nitrogens with zero attached hydrogens (tertiary/aromatic N) is 1. The van der Waals surface area contributed by atoms with E-state index >= 15 is 0 Å². The first kappa shape index (κ1) is 17.5. The molecule has 1 aliphatic heterocycles. The lowest BCUT2D eigenvalue weighted by atomic mass is 10.1. The molecule has 1 atom stereocenters. The third-order valence-corrected chi connectivity index (χ3v) is 7.05. The fourth-order valence-corrected chi connectivity index (χ4v) is 5.81. The van der Waals surface area contributed by atoms with Crippen molar-refractivity contribution in [2.45, 2.75) is 23.8 Å². The van der Waals surface area contributed by atoms with Crippen molar-refractivity contribution in [2.24, 2.45) is 0 Å². The predicted molar refractivity (Wildman–Crippen MR) is 95.3 cm³/mol. The van der Waals surface area contributed by atoms with Gasteiger partial charge in [-0.25, -0.2) is 8.42 Å². The number of hydrogen-bond donors (Lipinski definition) is 0. The Balaban J connectivity index is 2.00. The molecule has 0 radical (unpaired) electrons. The summed E-state index contributed by atoms with van der Waals surface area (Å²) >= 11 is 12.2. The summed E-state index contributed by atoms with van der Waals surface area (Å²) in [6.07, 6.45) is 1.55. The molecular formula is C17H17Cl2NO3S. The van der Waals surface area contributed by atoms with Crippen LogP contribution in [0.4, 0.5) is 0 Å². The Hall–Kier alpha value is -1.27. The van der Waals surface area contributed by atoms with Gasteiger partial charge in [0.15, 0.2) is 0 Å². The van der Waals surface area contributed by atoms with Gasteiger partial charge in [0.05, 0.1) is 23.2 Å². The second-order valence-electron chi connectivity index (χ2n) is 5.60. The van der Waals surface area contributed by atoms with Gasteiger partial charge in [-0.1, -0.05) is 41.4 Å². The maximum atomic E-state index is 13.1. The molecule has 0 amide bonds. The van der Waals surface area contributed by atoms with E-state index in [0.717, 1.165) is 24.2 Å². The van der Waals surface area contributed by atoms with E-state index in [9.17, 15) is 8.42 Å². The van der Waals surface area contributed by atoms with E-state index in [2.05, 4.69) is 0 Å². The summed E-state index contributed by atoms with van der Waals surface area (Å²) in [4.78, 5) is -0.0197.